The van der Waals surface area contributed by atoms with Crippen molar-refractivity contribution in [3.8, 4) is 0 Å². The lowest BCUT2D eigenvalue weighted by Gasteiger charge is -2.44. The maximum absolute atomic E-state index is 12.8. The van der Waals surface area contributed by atoms with Crippen molar-refractivity contribution in [2.45, 2.75) is 89.0 Å². The molecule has 5 N–H and O–H groups in total. The van der Waals surface area contributed by atoms with Gasteiger partial charge < -0.3 is 15.5 Å². The minimum atomic E-state index is -0.149. The third-order valence-corrected chi connectivity index (χ3v) is 9.14. The molecule has 0 aromatic rings. The molecule has 6 atom stereocenters. The largest absolute Gasteiger partial charge is 0.347 e. The average Bonchev–Trinajstić information content (AvgIpc) is 3.50. The molecule has 4 heterocycles. The van der Waals surface area contributed by atoms with Crippen molar-refractivity contribution in [2.75, 3.05) is 45.8 Å². The molecule has 0 aromatic carbocycles. The quantitative estimate of drug-likeness (QED) is 0.353. The summed E-state index contributed by atoms with van der Waals surface area (Å²) in [6, 6.07) is 1.07. The van der Waals surface area contributed by atoms with E-state index in [4.69, 9.17) is 0 Å². The van der Waals surface area contributed by atoms with Gasteiger partial charge in [0.2, 0.25) is 11.8 Å². The predicted octanol–water partition coefficient (Wildman–Crippen LogP) is 0.386. The van der Waals surface area contributed by atoms with E-state index in [9.17, 15) is 9.59 Å². The van der Waals surface area contributed by atoms with Crippen LogP contribution < -0.4 is 26.7 Å². The molecule has 6 unspecified atom stereocenters. The van der Waals surface area contributed by atoms with Gasteiger partial charge >= 0.3 is 0 Å². The minimum absolute atomic E-state index is 0.0322. The lowest BCUT2D eigenvalue weighted by Crippen LogP contribution is -2.68. The van der Waals surface area contributed by atoms with E-state index in [-0.39, 0.29) is 18.4 Å². The Morgan fingerprint density at radius 3 is 2.54 bits per heavy atom. The first-order valence-electron chi connectivity index (χ1n) is 14.3. The van der Waals surface area contributed by atoms with E-state index in [0.717, 1.165) is 57.5 Å². The smallest absolute Gasteiger partial charge is 0.242 e. The Morgan fingerprint density at radius 1 is 0.943 bits per heavy atom. The van der Waals surface area contributed by atoms with E-state index in [0.29, 0.717) is 30.2 Å². The summed E-state index contributed by atoms with van der Waals surface area (Å²) in [5.41, 5.74) is 3.88. The highest BCUT2D eigenvalue weighted by atomic mass is 16.2. The Balaban J connectivity index is 1.23. The molecule has 0 aromatic heterocycles. The lowest BCUT2D eigenvalue weighted by molar-refractivity contribution is -0.131. The summed E-state index contributed by atoms with van der Waals surface area (Å²) in [7, 11) is 0. The zero-order valence-corrected chi connectivity index (χ0v) is 21.6. The monoisotopic (exact) mass is 489 g/mol. The predicted molar refractivity (Wildman–Crippen MR) is 136 cm³/mol. The Morgan fingerprint density at radius 2 is 1.77 bits per heavy atom. The SMILES string of the molecule is CC(=O)NCC(=O)N1CC2NC(CC3CCCCC3)NC(C3CCN(CC4CCCNC4)N3)C2C1. The van der Waals surface area contributed by atoms with Gasteiger partial charge in [0.05, 0.1) is 12.7 Å². The summed E-state index contributed by atoms with van der Waals surface area (Å²) < 4.78 is 0. The van der Waals surface area contributed by atoms with Gasteiger partial charge in [-0.15, -0.1) is 0 Å². The van der Waals surface area contributed by atoms with Gasteiger partial charge in [0, 0.05) is 57.1 Å². The number of hydrazine groups is 1. The molecule has 5 rings (SSSR count). The van der Waals surface area contributed by atoms with Crippen LogP contribution in [0.15, 0.2) is 0 Å². The fraction of sp³-hybridized carbons (Fsp3) is 0.923. The summed E-state index contributed by atoms with van der Waals surface area (Å²) in [6.07, 6.45) is 12.1. The van der Waals surface area contributed by atoms with Gasteiger partial charge in [0.25, 0.3) is 0 Å². The number of hydrogen-bond donors (Lipinski definition) is 5. The Labute approximate surface area is 210 Å². The van der Waals surface area contributed by atoms with E-state index in [1.54, 1.807) is 0 Å². The molecule has 5 fully saturated rings. The number of rotatable bonds is 7. The third-order valence-electron chi connectivity index (χ3n) is 9.14. The van der Waals surface area contributed by atoms with Crippen molar-refractivity contribution in [3.63, 3.8) is 0 Å². The van der Waals surface area contributed by atoms with Gasteiger partial charge in [-0.3, -0.25) is 25.6 Å². The molecule has 198 valence electrons. The van der Waals surface area contributed by atoms with Crippen LogP contribution in [0.5, 0.6) is 0 Å². The zero-order valence-electron chi connectivity index (χ0n) is 21.6. The Bertz CT molecular complexity index is 724. The van der Waals surface area contributed by atoms with Crippen LogP contribution in [0.3, 0.4) is 0 Å². The number of carbonyl (C=O) groups excluding carboxylic acids is 2. The molecule has 9 nitrogen and oxygen atoms in total. The molecule has 5 aliphatic rings. The molecule has 35 heavy (non-hydrogen) atoms. The number of likely N-dealkylation sites (tertiary alicyclic amines) is 1. The molecule has 4 aliphatic heterocycles. The fourth-order valence-electron chi connectivity index (χ4n) is 7.31. The molecule has 2 amide bonds. The third kappa shape index (κ3) is 6.55. The van der Waals surface area contributed by atoms with Crippen LogP contribution in [0.2, 0.25) is 0 Å². The maximum Gasteiger partial charge on any atom is 0.242 e. The molecule has 1 aliphatic carbocycles. The van der Waals surface area contributed by atoms with Gasteiger partial charge in [0.15, 0.2) is 0 Å². The van der Waals surface area contributed by atoms with Crippen molar-refractivity contribution in [1.29, 1.82) is 0 Å². The van der Waals surface area contributed by atoms with Crippen molar-refractivity contribution >= 4 is 11.8 Å². The summed E-state index contributed by atoms with van der Waals surface area (Å²) in [6.45, 7) is 7.58. The molecular formula is C26H47N7O2. The second-order valence-electron chi connectivity index (χ2n) is 11.8. The average molecular weight is 490 g/mol. The van der Waals surface area contributed by atoms with Gasteiger partial charge in [-0.05, 0) is 50.6 Å². The number of amides is 2. The van der Waals surface area contributed by atoms with E-state index >= 15 is 0 Å². The molecule has 4 saturated heterocycles. The van der Waals surface area contributed by atoms with Gasteiger partial charge in [0.1, 0.15) is 0 Å². The van der Waals surface area contributed by atoms with E-state index in [1.807, 2.05) is 4.90 Å². The number of carbonyl (C=O) groups is 2. The molecular weight excluding hydrogens is 442 g/mol. The second kappa shape index (κ2) is 11.9. The Kier molecular flexibility index (Phi) is 8.60. The first kappa shape index (κ1) is 25.4. The fourth-order valence-corrected chi connectivity index (χ4v) is 7.31. The normalized spacial score (nSPS) is 36.8. The number of nitrogens with zero attached hydrogens (tertiary/aromatic N) is 2. The number of piperidine rings is 1. The van der Waals surface area contributed by atoms with Gasteiger partial charge in [-0.25, -0.2) is 5.01 Å². The molecule has 0 radical (unpaired) electrons. The van der Waals surface area contributed by atoms with Gasteiger partial charge in [-0.1, -0.05) is 32.1 Å². The highest BCUT2D eigenvalue weighted by Crippen LogP contribution is 2.32. The molecule has 1 saturated carbocycles. The van der Waals surface area contributed by atoms with Crippen molar-refractivity contribution in [1.82, 2.24) is 36.6 Å². The van der Waals surface area contributed by atoms with Crippen LogP contribution in [0.4, 0.5) is 0 Å². The maximum atomic E-state index is 12.8. The topological polar surface area (TPSA) is 101 Å². The summed E-state index contributed by atoms with van der Waals surface area (Å²) >= 11 is 0. The van der Waals surface area contributed by atoms with Crippen LogP contribution in [0.25, 0.3) is 0 Å². The summed E-state index contributed by atoms with van der Waals surface area (Å²) in [5.74, 6) is 1.80. The first-order chi connectivity index (χ1) is 17.0. The highest BCUT2D eigenvalue weighted by molar-refractivity contribution is 5.83. The van der Waals surface area contributed by atoms with Crippen LogP contribution in [0.1, 0.15) is 64.7 Å². The number of hydrogen-bond acceptors (Lipinski definition) is 7. The highest BCUT2D eigenvalue weighted by Gasteiger charge is 2.48. The lowest BCUT2D eigenvalue weighted by atomic mass is 9.82. The van der Waals surface area contributed by atoms with Crippen molar-refractivity contribution < 1.29 is 9.59 Å². The van der Waals surface area contributed by atoms with E-state index in [1.165, 1.54) is 58.3 Å². The summed E-state index contributed by atoms with van der Waals surface area (Å²) in [5, 5.41) is 16.6. The standard InChI is InChI=1S/C26H47N7O2/c1-18(34)28-14-25(35)32-16-21-23(17-32)29-24(12-19-6-3-2-4-7-19)30-26(21)22-9-11-33(31-22)15-20-8-5-10-27-13-20/h19-24,26-27,29-31H,2-17H2,1H3,(H,28,34). The minimum Gasteiger partial charge on any atom is -0.347 e. The summed E-state index contributed by atoms with van der Waals surface area (Å²) in [4.78, 5) is 26.1. The van der Waals surface area contributed by atoms with E-state index in [2.05, 4.69) is 31.7 Å². The number of fused-ring (bicyclic) bond motifs is 1. The molecule has 0 bridgehead atoms. The van der Waals surface area contributed by atoms with Gasteiger partial charge in [-0.2, -0.15) is 0 Å². The van der Waals surface area contributed by atoms with E-state index < -0.39 is 0 Å². The zero-order chi connectivity index (χ0) is 24.2. The second-order valence-corrected chi connectivity index (χ2v) is 11.8. The molecule has 0 spiro atoms. The Hall–Kier alpha value is -1.26. The van der Waals surface area contributed by atoms with Crippen LogP contribution in [-0.2, 0) is 9.59 Å². The molecule has 9 heteroatoms. The van der Waals surface area contributed by atoms with Crippen molar-refractivity contribution in [2.24, 2.45) is 17.8 Å². The van der Waals surface area contributed by atoms with Crippen LogP contribution in [0, 0.1) is 17.8 Å². The first-order valence-corrected chi connectivity index (χ1v) is 14.3. The van der Waals surface area contributed by atoms with Crippen LogP contribution in [-0.4, -0.2) is 91.8 Å². The van der Waals surface area contributed by atoms with Crippen molar-refractivity contribution in [3.05, 3.63) is 0 Å². The van der Waals surface area contributed by atoms with Crippen LogP contribution >= 0.6 is 0 Å². The number of nitrogens with one attached hydrogen (secondary N) is 5.